The number of nitrogens with zero attached hydrogens (tertiary/aromatic N) is 5. The third-order valence-electron chi connectivity index (χ3n) is 6.43. The lowest BCUT2D eigenvalue weighted by atomic mass is 10.0. The number of halogens is 2. The van der Waals surface area contributed by atoms with E-state index in [1.807, 2.05) is 23.8 Å². The fraction of sp³-hybridized carbons (Fsp3) is 0.455. The van der Waals surface area contributed by atoms with E-state index >= 15 is 0 Å². The van der Waals surface area contributed by atoms with Gasteiger partial charge >= 0.3 is 12.3 Å². The van der Waals surface area contributed by atoms with Gasteiger partial charge in [-0.2, -0.15) is 9.78 Å². The molecule has 0 N–H and O–H groups in total. The average molecular weight is 445 g/mol. The molecule has 8 nitrogen and oxygen atoms in total. The number of anilines is 1. The van der Waals surface area contributed by atoms with Crippen LogP contribution in [0.2, 0.25) is 0 Å². The highest BCUT2D eigenvalue weighted by atomic mass is 19.3. The van der Waals surface area contributed by atoms with Crippen LogP contribution in [0.15, 0.2) is 42.9 Å². The van der Waals surface area contributed by atoms with Gasteiger partial charge in [-0.05, 0) is 36.5 Å². The minimum Gasteiger partial charge on any atom is -0.395 e. The number of hydrogen-bond acceptors (Lipinski definition) is 6. The molecule has 2 saturated heterocycles. The summed E-state index contributed by atoms with van der Waals surface area (Å²) in [4.78, 5) is 18.9. The maximum absolute atomic E-state index is 13.2. The van der Waals surface area contributed by atoms with Gasteiger partial charge in [0.25, 0.3) is 0 Å². The second-order valence-corrected chi connectivity index (χ2v) is 8.79. The van der Waals surface area contributed by atoms with Gasteiger partial charge in [0, 0.05) is 45.5 Å². The van der Waals surface area contributed by atoms with Gasteiger partial charge in [-0.1, -0.05) is 12.6 Å². The predicted molar refractivity (Wildman–Crippen MR) is 113 cm³/mol. The van der Waals surface area contributed by atoms with E-state index in [1.54, 1.807) is 24.5 Å². The average Bonchev–Trinajstić information content (AvgIpc) is 3.47. The number of benzene rings is 1. The monoisotopic (exact) mass is 445 g/mol. The minimum absolute atomic E-state index is 0.0578. The normalized spacial score (nSPS) is 23.4. The Kier molecular flexibility index (Phi) is 4.85. The van der Waals surface area contributed by atoms with Gasteiger partial charge in [0.15, 0.2) is 11.5 Å². The number of ether oxygens (including phenoxy) is 2. The van der Waals surface area contributed by atoms with Crippen molar-refractivity contribution in [2.24, 2.45) is 11.8 Å². The Balaban J connectivity index is 1.17. The van der Waals surface area contributed by atoms with Crippen molar-refractivity contribution in [1.82, 2.24) is 19.6 Å². The summed E-state index contributed by atoms with van der Waals surface area (Å²) in [7, 11) is 1.88. The molecule has 2 atom stereocenters. The van der Waals surface area contributed by atoms with Gasteiger partial charge in [-0.25, -0.2) is 4.79 Å². The first-order chi connectivity index (χ1) is 15.2. The predicted octanol–water partition coefficient (Wildman–Crippen LogP) is 3.21. The molecule has 0 spiro atoms. The Hall–Kier alpha value is -3.14. The maximum Gasteiger partial charge on any atom is 0.586 e. The number of carbonyl (C=O) groups excluding carboxylic acids is 1. The lowest BCUT2D eigenvalue weighted by Gasteiger charge is -2.21. The molecule has 4 heterocycles. The van der Waals surface area contributed by atoms with Crippen molar-refractivity contribution in [2.75, 3.05) is 38.1 Å². The Morgan fingerprint density at radius 3 is 2.59 bits per heavy atom. The van der Waals surface area contributed by atoms with Crippen LogP contribution in [0, 0.1) is 11.8 Å². The van der Waals surface area contributed by atoms with Gasteiger partial charge in [0.1, 0.15) is 0 Å². The molecule has 1 aromatic carbocycles. The highest BCUT2D eigenvalue weighted by Crippen LogP contribution is 2.41. The van der Waals surface area contributed by atoms with Crippen molar-refractivity contribution in [2.45, 2.75) is 19.8 Å². The second kappa shape index (κ2) is 7.47. The van der Waals surface area contributed by atoms with E-state index in [4.69, 9.17) is 0 Å². The molecule has 5 rings (SSSR count). The molecular weight excluding hydrogens is 420 g/mol. The van der Waals surface area contributed by atoms with Crippen LogP contribution in [0.3, 0.4) is 0 Å². The Morgan fingerprint density at radius 2 is 1.91 bits per heavy atom. The first-order valence-electron chi connectivity index (χ1n) is 10.5. The summed E-state index contributed by atoms with van der Waals surface area (Å²) in [5.41, 5.74) is 2.57. The summed E-state index contributed by atoms with van der Waals surface area (Å²) in [6, 6.07) is 4.79. The molecule has 170 valence electrons. The topological polar surface area (TPSA) is 63.1 Å². The molecule has 3 aliphatic heterocycles. The maximum atomic E-state index is 13.2. The van der Waals surface area contributed by atoms with Crippen molar-refractivity contribution >= 4 is 11.7 Å². The van der Waals surface area contributed by atoms with Crippen LogP contribution in [-0.2, 0) is 6.54 Å². The summed E-state index contributed by atoms with van der Waals surface area (Å²) < 4.78 is 36.9. The third kappa shape index (κ3) is 3.79. The zero-order valence-corrected chi connectivity index (χ0v) is 18.0. The molecule has 32 heavy (non-hydrogen) atoms. The number of aromatic nitrogens is 2. The number of alkyl halides is 2. The SMILES string of the molecule is C=C(C)N(C)c1cnn(C(=O)N2CC3CN(Cc4ccc5c(c4)OC(F)(F)O5)CC3C2)c1. The number of likely N-dealkylation sites (tertiary alicyclic amines) is 2. The van der Waals surface area contributed by atoms with Gasteiger partial charge in [0.2, 0.25) is 0 Å². The first-order valence-corrected chi connectivity index (χ1v) is 10.5. The fourth-order valence-electron chi connectivity index (χ4n) is 4.68. The quantitative estimate of drug-likeness (QED) is 0.720. The molecule has 0 saturated carbocycles. The lowest BCUT2D eigenvalue weighted by molar-refractivity contribution is -0.286. The van der Waals surface area contributed by atoms with Crippen molar-refractivity contribution < 1.29 is 23.0 Å². The molecule has 3 aliphatic rings. The van der Waals surface area contributed by atoms with Crippen LogP contribution >= 0.6 is 0 Å². The van der Waals surface area contributed by atoms with E-state index in [0.717, 1.165) is 30.0 Å². The molecule has 2 unspecified atom stereocenters. The van der Waals surface area contributed by atoms with Crippen LogP contribution in [0.4, 0.5) is 19.3 Å². The zero-order chi connectivity index (χ0) is 22.6. The molecule has 0 aliphatic carbocycles. The van der Waals surface area contributed by atoms with Gasteiger partial charge < -0.3 is 19.3 Å². The number of hydrogen-bond donors (Lipinski definition) is 0. The first kappa shape index (κ1) is 20.7. The molecule has 10 heteroatoms. The summed E-state index contributed by atoms with van der Waals surface area (Å²) >= 11 is 0. The molecule has 0 radical (unpaired) electrons. The van der Waals surface area contributed by atoms with E-state index in [2.05, 4.69) is 26.1 Å². The van der Waals surface area contributed by atoms with Crippen LogP contribution in [0.5, 0.6) is 11.5 Å². The number of allylic oxidation sites excluding steroid dienone is 1. The summed E-state index contributed by atoms with van der Waals surface area (Å²) in [6.07, 6.45) is -0.218. The van der Waals surface area contributed by atoms with Gasteiger partial charge in [0.05, 0.1) is 18.1 Å². The summed E-state index contributed by atoms with van der Waals surface area (Å²) in [5, 5.41) is 4.22. The van der Waals surface area contributed by atoms with E-state index in [1.165, 1.54) is 10.7 Å². The lowest BCUT2D eigenvalue weighted by Crippen LogP contribution is -2.36. The van der Waals surface area contributed by atoms with Crippen LogP contribution in [0.1, 0.15) is 12.5 Å². The Bertz CT molecular complexity index is 1060. The van der Waals surface area contributed by atoms with E-state index in [9.17, 15) is 13.6 Å². The zero-order valence-electron chi connectivity index (χ0n) is 18.0. The number of rotatable bonds is 4. The number of fused-ring (bicyclic) bond motifs is 2. The van der Waals surface area contributed by atoms with Crippen molar-refractivity contribution in [3.8, 4) is 11.5 Å². The smallest absolute Gasteiger partial charge is 0.395 e. The van der Waals surface area contributed by atoms with E-state index in [-0.39, 0.29) is 17.5 Å². The van der Waals surface area contributed by atoms with Crippen molar-refractivity contribution in [3.05, 3.63) is 48.4 Å². The molecular formula is C22H25F2N5O3. The van der Waals surface area contributed by atoms with Crippen LogP contribution in [0.25, 0.3) is 0 Å². The second-order valence-electron chi connectivity index (χ2n) is 8.79. The highest BCUT2D eigenvalue weighted by Gasteiger charge is 2.44. The Morgan fingerprint density at radius 1 is 1.22 bits per heavy atom. The number of amides is 1. The van der Waals surface area contributed by atoms with Gasteiger partial charge in [-0.3, -0.25) is 4.90 Å². The Labute approximate surface area is 184 Å². The molecule has 2 fully saturated rings. The van der Waals surface area contributed by atoms with Gasteiger partial charge in [-0.15, -0.1) is 8.78 Å². The number of carbonyl (C=O) groups is 1. The molecule has 0 bridgehead atoms. The highest BCUT2D eigenvalue weighted by molar-refractivity contribution is 5.77. The van der Waals surface area contributed by atoms with Crippen molar-refractivity contribution in [3.63, 3.8) is 0 Å². The summed E-state index contributed by atoms with van der Waals surface area (Å²) in [6.45, 7) is 9.49. The van der Waals surface area contributed by atoms with Crippen LogP contribution < -0.4 is 14.4 Å². The largest absolute Gasteiger partial charge is 0.586 e. The van der Waals surface area contributed by atoms with E-state index in [0.29, 0.717) is 31.5 Å². The molecule has 1 aromatic heterocycles. The minimum atomic E-state index is -3.60. The molecule has 2 aromatic rings. The fourth-order valence-corrected chi connectivity index (χ4v) is 4.68. The van der Waals surface area contributed by atoms with Crippen molar-refractivity contribution in [1.29, 1.82) is 0 Å². The van der Waals surface area contributed by atoms with Crippen LogP contribution in [-0.4, -0.2) is 65.1 Å². The third-order valence-corrected chi connectivity index (χ3v) is 6.43. The summed E-state index contributed by atoms with van der Waals surface area (Å²) in [5.74, 6) is 0.887. The standard InChI is InChI=1S/C22H25F2N5O3/c1-14(2)26(3)18-7-25-29(13-18)21(30)28-11-16-9-27(10-17(16)12-28)8-15-4-5-19-20(6-15)32-22(23,24)31-19/h4-7,13,16-17H,1,8-12H2,2-3H3. The van der Waals surface area contributed by atoms with E-state index < -0.39 is 6.29 Å². The molecule has 1 amide bonds.